The number of nitriles is 1. The summed E-state index contributed by atoms with van der Waals surface area (Å²) in [6.45, 7) is 0. The standard InChI is InChI=1S/C10H9BrN2S2/c1-14-10(15-2)7(6-12)9-8(11)4-3-5-13-9/h3-5H,1-2H3. The molecule has 0 atom stereocenters. The number of pyridine rings is 1. The van der Waals surface area contributed by atoms with Crippen LogP contribution in [0.4, 0.5) is 0 Å². The van der Waals surface area contributed by atoms with Gasteiger partial charge in [-0.25, -0.2) is 0 Å². The zero-order valence-corrected chi connectivity index (χ0v) is 11.5. The lowest BCUT2D eigenvalue weighted by atomic mass is 10.2. The van der Waals surface area contributed by atoms with Crippen molar-refractivity contribution >= 4 is 45.0 Å². The monoisotopic (exact) mass is 300 g/mol. The third-order valence-corrected chi connectivity index (χ3v) is 4.47. The van der Waals surface area contributed by atoms with Crippen molar-refractivity contribution in [2.75, 3.05) is 12.5 Å². The van der Waals surface area contributed by atoms with E-state index in [0.717, 1.165) is 8.71 Å². The average Bonchev–Trinajstić information content (AvgIpc) is 2.27. The van der Waals surface area contributed by atoms with Crippen LogP contribution in [0.3, 0.4) is 0 Å². The molecule has 0 spiro atoms. The van der Waals surface area contributed by atoms with E-state index in [-0.39, 0.29) is 0 Å². The normalized spacial score (nSPS) is 9.47. The first-order chi connectivity index (χ1) is 7.24. The second kappa shape index (κ2) is 6.21. The molecule has 0 radical (unpaired) electrons. The van der Waals surface area contributed by atoms with E-state index in [2.05, 4.69) is 27.0 Å². The van der Waals surface area contributed by atoms with Gasteiger partial charge in [0.15, 0.2) is 0 Å². The van der Waals surface area contributed by atoms with Crippen LogP contribution in [0.2, 0.25) is 0 Å². The van der Waals surface area contributed by atoms with Crippen LogP contribution in [-0.2, 0) is 0 Å². The third kappa shape index (κ3) is 3.00. The van der Waals surface area contributed by atoms with Crippen LogP contribution >= 0.6 is 39.5 Å². The van der Waals surface area contributed by atoms with Crippen molar-refractivity contribution in [1.29, 1.82) is 5.26 Å². The first kappa shape index (κ1) is 12.6. The fourth-order valence-electron chi connectivity index (χ4n) is 1.05. The van der Waals surface area contributed by atoms with Gasteiger partial charge >= 0.3 is 0 Å². The number of hydrogen-bond donors (Lipinski definition) is 0. The van der Waals surface area contributed by atoms with E-state index in [1.165, 1.54) is 0 Å². The summed E-state index contributed by atoms with van der Waals surface area (Å²) in [5.41, 5.74) is 1.33. The Balaban J connectivity index is 3.32. The Morgan fingerprint density at radius 1 is 1.47 bits per heavy atom. The molecule has 0 aliphatic rings. The van der Waals surface area contributed by atoms with Crippen LogP contribution in [0.5, 0.6) is 0 Å². The highest BCUT2D eigenvalue weighted by atomic mass is 79.9. The molecule has 0 aliphatic heterocycles. The lowest BCUT2D eigenvalue weighted by Gasteiger charge is -2.05. The summed E-state index contributed by atoms with van der Waals surface area (Å²) in [4.78, 5) is 4.21. The van der Waals surface area contributed by atoms with Crippen molar-refractivity contribution in [2.45, 2.75) is 0 Å². The molecule has 78 valence electrons. The molecule has 0 saturated heterocycles. The molecule has 0 aliphatic carbocycles. The molecule has 15 heavy (non-hydrogen) atoms. The maximum Gasteiger partial charge on any atom is 0.103 e. The van der Waals surface area contributed by atoms with Gasteiger partial charge in [-0.2, -0.15) is 5.26 Å². The SMILES string of the molecule is CSC(SC)=C(C#N)c1ncccc1Br. The lowest BCUT2D eigenvalue weighted by Crippen LogP contribution is -1.90. The smallest absolute Gasteiger partial charge is 0.103 e. The minimum atomic E-state index is 0.627. The highest BCUT2D eigenvalue weighted by Crippen LogP contribution is 2.34. The van der Waals surface area contributed by atoms with Gasteiger partial charge in [-0.15, -0.1) is 23.5 Å². The molecule has 1 aromatic rings. The average molecular weight is 301 g/mol. The van der Waals surface area contributed by atoms with E-state index in [1.54, 1.807) is 29.7 Å². The molecular weight excluding hydrogens is 292 g/mol. The molecule has 2 nitrogen and oxygen atoms in total. The van der Waals surface area contributed by atoms with Gasteiger partial charge in [0.2, 0.25) is 0 Å². The van der Waals surface area contributed by atoms with E-state index in [1.807, 2.05) is 24.6 Å². The van der Waals surface area contributed by atoms with Crippen LogP contribution in [0.25, 0.3) is 5.57 Å². The van der Waals surface area contributed by atoms with Crippen molar-refractivity contribution in [3.8, 4) is 6.07 Å². The largest absolute Gasteiger partial charge is 0.254 e. The van der Waals surface area contributed by atoms with Gasteiger partial charge in [-0.1, -0.05) is 0 Å². The predicted octanol–water partition coefficient (Wildman–Crippen LogP) is 3.76. The number of aromatic nitrogens is 1. The van der Waals surface area contributed by atoms with Crippen LogP contribution in [0, 0.1) is 11.3 Å². The maximum absolute atomic E-state index is 9.14. The highest BCUT2D eigenvalue weighted by molar-refractivity contribution is 9.10. The molecular formula is C10H9BrN2S2. The van der Waals surface area contributed by atoms with E-state index in [4.69, 9.17) is 5.26 Å². The Labute approximate surface area is 106 Å². The molecule has 0 unspecified atom stereocenters. The number of rotatable bonds is 3. The van der Waals surface area contributed by atoms with Gasteiger partial charge in [0.05, 0.1) is 15.5 Å². The maximum atomic E-state index is 9.14. The first-order valence-corrected chi connectivity index (χ1v) is 7.32. The topological polar surface area (TPSA) is 36.7 Å². The molecule has 0 bridgehead atoms. The summed E-state index contributed by atoms with van der Waals surface area (Å²) in [6.07, 6.45) is 5.61. The van der Waals surface area contributed by atoms with E-state index < -0.39 is 0 Å². The molecule has 1 rings (SSSR count). The molecule has 0 fully saturated rings. The number of hydrogen-bond acceptors (Lipinski definition) is 4. The number of allylic oxidation sites excluding steroid dienone is 1. The molecule has 5 heteroatoms. The summed E-state index contributed by atoms with van der Waals surface area (Å²) in [7, 11) is 0. The molecule has 1 aromatic heterocycles. The van der Waals surface area contributed by atoms with Crippen molar-refractivity contribution in [3.05, 3.63) is 32.7 Å². The minimum absolute atomic E-state index is 0.627. The van der Waals surface area contributed by atoms with Crippen molar-refractivity contribution in [1.82, 2.24) is 4.98 Å². The zero-order valence-electron chi connectivity index (χ0n) is 8.32. The molecule has 0 aromatic carbocycles. The van der Waals surface area contributed by atoms with Crippen LogP contribution < -0.4 is 0 Å². The van der Waals surface area contributed by atoms with Gasteiger partial charge in [-0.05, 0) is 40.6 Å². The van der Waals surface area contributed by atoms with Gasteiger partial charge in [0, 0.05) is 10.7 Å². The molecule has 0 amide bonds. The lowest BCUT2D eigenvalue weighted by molar-refractivity contribution is 1.26. The number of halogens is 1. The Morgan fingerprint density at radius 2 is 2.13 bits per heavy atom. The van der Waals surface area contributed by atoms with Gasteiger partial charge in [-0.3, -0.25) is 4.98 Å². The van der Waals surface area contributed by atoms with Crippen LogP contribution in [-0.4, -0.2) is 17.5 Å². The van der Waals surface area contributed by atoms with Gasteiger partial charge < -0.3 is 0 Å². The van der Waals surface area contributed by atoms with Gasteiger partial charge in [0.25, 0.3) is 0 Å². The van der Waals surface area contributed by atoms with Crippen LogP contribution in [0.1, 0.15) is 5.69 Å². The quantitative estimate of drug-likeness (QED) is 0.797. The Morgan fingerprint density at radius 3 is 2.60 bits per heavy atom. The summed E-state index contributed by atoms with van der Waals surface area (Å²) < 4.78 is 1.83. The Kier molecular flexibility index (Phi) is 5.23. The first-order valence-electron chi connectivity index (χ1n) is 4.07. The van der Waals surface area contributed by atoms with Crippen molar-refractivity contribution < 1.29 is 0 Å². The fourth-order valence-corrected chi connectivity index (χ4v) is 2.87. The second-order valence-electron chi connectivity index (χ2n) is 2.52. The van der Waals surface area contributed by atoms with E-state index in [0.29, 0.717) is 11.3 Å². The fraction of sp³-hybridized carbons (Fsp3) is 0.200. The summed E-state index contributed by atoms with van der Waals surface area (Å²) >= 11 is 6.53. The highest BCUT2D eigenvalue weighted by Gasteiger charge is 2.11. The van der Waals surface area contributed by atoms with Gasteiger partial charge in [0.1, 0.15) is 6.07 Å². The summed E-state index contributed by atoms with van der Waals surface area (Å²) in [6, 6.07) is 5.93. The van der Waals surface area contributed by atoms with E-state index in [9.17, 15) is 0 Å². The zero-order chi connectivity index (χ0) is 11.3. The summed E-state index contributed by atoms with van der Waals surface area (Å²) in [5, 5.41) is 9.14. The number of thioether (sulfide) groups is 2. The van der Waals surface area contributed by atoms with Crippen molar-refractivity contribution in [3.63, 3.8) is 0 Å². The molecule has 1 heterocycles. The Bertz CT molecular complexity index is 418. The minimum Gasteiger partial charge on any atom is -0.254 e. The molecule has 0 saturated carbocycles. The van der Waals surface area contributed by atoms with E-state index >= 15 is 0 Å². The second-order valence-corrected chi connectivity index (χ2v) is 5.26. The third-order valence-electron chi connectivity index (χ3n) is 1.68. The summed E-state index contributed by atoms with van der Waals surface area (Å²) in [5.74, 6) is 0. The van der Waals surface area contributed by atoms with Crippen molar-refractivity contribution in [2.24, 2.45) is 0 Å². The predicted molar refractivity (Wildman–Crippen MR) is 71.5 cm³/mol. The Hall–Kier alpha value is -0.440. The number of nitrogens with zero attached hydrogens (tertiary/aromatic N) is 2. The molecule has 0 N–H and O–H groups in total. The van der Waals surface area contributed by atoms with Crippen LogP contribution in [0.15, 0.2) is 27.0 Å².